The Balaban J connectivity index is 2.49. The molecule has 0 spiro atoms. The van der Waals surface area contributed by atoms with Crippen molar-refractivity contribution in [2.45, 2.75) is 46.6 Å². The zero-order valence-corrected chi connectivity index (χ0v) is 13.6. The van der Waals surface area contributed by atoms with Gasteiger partial charge in [0.1, 0.15) is 5.75 Å². The summed E-state index contributed by atoms with van der Waals surface area (Å²) in [5.41, 5.74) is 2.22. The summed E-state index contributed by atoms with van der Waals surface area (Å²) < 4.78 is 5.73. The van der Waals surface area contributed by atoms with Crippen LogP contribution in [0.1, 0.15) is 37.8 Å². The summed E-state index contributed by atoms with van der Waals surface area (Å²) in [5, 5.41) is 8.90. The van der Waals surface area contributed by atoms with Crippen molar-refractivity contribution < 1.29 is 14.6 Å². The van der Waals surface area contributed by atoms with Crippen molar-refractivity contribution >= 4 is 5.91 Å². The Morgan fingerprint density at radius 2 is 2.05 bits per heavy atom. The first-order valence-electron chi connectivity index (χ1n) is 7.56. The zero-order chi connectivity index (χ0) is 15.8. The number of benzene rings is 1. The standard InChI is InChI=1S/C17H27NO3/c1-13(2)18(9-5-10-19)17(20)8-11-21-16-12-14(3)6-7-15(16)4/h6-7,12-13,19H,5,8-11H2,1-4H3. The van der Waals surface area contributed by atoms with Crippen LogP contribution in [0.5, 0.6) is 5.75 Å². The molecule has 0 saturated carbocycles. The quantitative estimate of drug-likeness (QED) is 0.801. The van der Waals surface area contributed by atoms with E-state index in [4.69, 9.17) is 9.84 Å². The van der Waals surface area contributed by atoms with E-state index in [-0.39, 0.29) is 18.6 Å². The SMILES string of the molecule is Cc1ccc(C)c(OCCC(=O)N(CCCO)C(C)C)c1. The molecule has 0 radical (unpaired) electrons. The number of carbonyl (C=O) groups is 1. The number of hydrogen-bond acceptors (Lipinski definition) is 3. The van der Waals surface area contributed by atoms with Gasteiger partial charge in [0.2, 0.25) is 5.91 Å². The van der Waals surface area contributed by atoms with E-state index < -0.39 is 0 Å². The van der Waals surface area contributed by atoms with Crippen LogP contribution in [-0.2, 0) is 4.79 Å². The minimum atomic E-state index is 0.0729. The van der Waals surface area contributed by atoms with E-state index in [0.29, 0.717) is 26.0 Å². The van der Waals surface area contributed by atoms with Gasteiger partial charge >= 0.3 is 0 Å². The lowest BCUT2D eigenvalue weighted by atomic mass is 10.1. The van der Waals surface area contributed by atoms with Gasteiger partial charge in [-0.3, -0.25) is 4.79 Å². The van der Waals surface area contributed by atoms with Crippen LogP contribution in [0.3, 0.4) is 0 Å². The third-order valence-electron chi connectivity index (χ3n) is 3.42. The number of amides is 1. The lowest BCUT2D eigenvalue weighted by Gasteiger charge is -2.26. The van der Waals surface area contributed by atoms with Gasteiger partial charge in [-0.25, -0.2) is 0 Å². The van der Waals surface area contributed by atoms with Crippen LogP contribution >= 0.6 is 0 Å². The van der Waals surface area contributed by atoms with Gasteiger partial charge in [-0.1, -0.05) is 12.1 Å². The molecule has 21 heavy (non-hydrogen) atoms. The second-order valence-corrected chi connectivity index (χ2v) is 5.63. The molecule has 1 rings (SSSR count). The Bertz CT molecular complexity index is 457. The van der Waals surface area contributed by atoms with Gasteiger partial charge in [0.05, 0.1) is 13.0 Å². The van der Waals surface area contributed by atoms with E-state index in [9.17, 15) is 4.79 Å². The van der Waals surface area contributed by atoms with Crippen molar-refractivity contribution in [2.24, 2.45) is 0 Å². The summed E-state index contributed by atoms with van der Waals surface area (Å²) in [6.07, 6.45) is 0.971. The molecule has 0 saturated heterocycles. The van der Waals surface area contributed by atoms with Crippen LogP contribution in [0.4, 0.5) is 0 Å². The second-order valence-electron chi connectivity index (χ2n) is 5.63. The van der Waals surface area contributed by atoms with Crippen LogP contribution in [0.25, 0.3) is 0 Å². The molecule has 1 amide bonds. The van der Waals surface area contributed by atoms with E-state index in [2.05, 4.69) is 0 Å². The lowest BCUT2D eigenvalue weighted by molar-refractivity contribution is -0.133. The van der Waals surface area contributed by atoms with Gasteiger partial charge in [0, 0.05) is 19.2 Å². The van der Waals surface area contributed by atoms with E-state index in [0.717, 1.165) is 16.9 Å². The maximum Gasteiger partial charge on any atom is 0.226 e. The summed E-state index contributed by atoms with van der Waals surface area (Å²) in [6.45, 7) is 9.07. The lowest BCUT2D eigenvalue weighted by Crippen LogP contribution is -2.38. The Hall–Kier alpha value is -1.55. The van der Waals surface area contributed by atoms with Gasteiger partial charge in [-0.05, 0) is 51.3 Å². The topological polar surface area (TPSA) is 49.8 Å². The minimum Gasteiger partial charge on any atom is -0.493 e. The van der Waals surface area contributed by atoms with Crippen LogP contribution < -0.4 is 4.74 Å². The first-order chi connectivity index (χ1) is 9.95. The molecule has 0 aliphatic carbocycles. The maximum absolute atomic E-state index is 12.2. The highest BCUT2D eigenvalue weighted by Gasteiger charge is 2.16. The average molecular weight is 293 g/mol. The molecule has 1 aromatic rings. The molecule has 0 heterocycles. The molecule has 118 valence electrons. The van der Waals surface area contributed by atoms with Gasteiger partial charge in [-0.2, -0.15) is 0 Å². The number of carbonyl (C=O) groups excluding carboxylic acids is 1. The number of nitrogens with zero attached hydrogens (tertiary/aromatic N) is 1. The number of aliphatic hydroxyl groups excluding tert-OH is 1. The molecule has 1 aromatic carbocycles. The molecule has 1 N–H and O–H groups in total. The molecular weight excluding hydrogens is 266 g/mol. The smallest absolute Gasteiger partial charge is 0.226 e. The predicted octanol–water partition coefficient (Wildman–Crippen LogP) is 2.69. The summed E-state index contributed by atoms with van der Waals surface area (Å²) in [6, 6.07) is 6.20. The third-order valence-corrected chi connectivity index (χ3v) is 3.42. The van der Waals surface area contributed by atoms with Crippen LogP contribution in [0.2, 0.25) is 0 Å². The highest BCUT2D eigenvalue weighted by atomic mass is 16.5. The predicted molar refractivity (Wildman–Crippen MR) is 84.6 cm³/mol. The monoisotopic (exact) mass is 293 g/mol. The van der Waals surface area contributed by atoms with Crippen molar-refractivity contribution in [2.75, 3.05) is 19.8 Å². The average Bonchev–Trinajstić information content (AvgIpc) is 2.42. The molecule has 0 aliphatic rings. The highest BCUT2D eigenvalue weighted by molar-refractivity contribution is 5.76. The van der Waals surface area contributed by atoms with Gasteiger partial charge < -0.3 is 14.7 Å². The Labute approximate surface area is 127 Å². The number of ether oxygens (including phenoxy) is 1. The van der Waals surface area contributed by atoms with Crippen LogP contribution in [0.15, 0.2) is 18.2 Å². The van der Waals surface area contributed by atoms with Crippen molar-refractivity contribution in [3.8, 4) is 5.75 Å². The molecular formula is C17H27NO3. The number of aliphatic hydroxyl groups is 1. The van der Waals surface area contributed by atoms with Crippen molar-refractivity contribution in [3.05, 3.63) is 29.3 Å². The van der Waals surface area contributed by atoms with E-state index >= 15 is 0 Å². The van der Waals surface area contributed by atoms with Gasteiger partial charge in [-0.15, -0.1) is 0 Å². The number of rotatable bonds is 8. The summed E-state index contributed by atoms with van der Waals surface area (Å²) in [7, 11) is 0. The Morgan fingerprint density at radius 3 is 2.67 bits per heavy atom. The first kappa shape index (κ1) is 17.5. The van der Waals surface area contributed by atoms with Crippen molar-refractivity contribution in [1.29, 1.82) is 0 Å². The molecule has 0 bridgehead atoms. The van der Waals surface area contributed by atoms with Crippen molar-refractivity contribution in [3.63, 3.8) is 0 Å². The molecule has 0 fully saturated rings. The normalized spacial score (nSPS) is 10.8. The molecule has 0 atom stereocenters. The summed E-state index contributed by atoms with van der Waals surface area (Å²) in [5.74, 6) is 0.915. The summed E-state index contributed by atoms with van der Waals surface area (Å²) >= 11 is 0. The van der Waals surface area contributed by atoms with E-state index in [1.807, 2.05) is 45.9 Å². The van der Waals surface area contributed by atoms with E-state index in [1.54, 1.807) is 4.90 Å². The molecule has 0 aliphatic heterocycles. The second kappa shape index (κ2) is 8.67. The molecule has 4 heteroatoms. The largest absolute Gasteiger partial charge is 0.493 e. The fraction of sp³-hybridized carbons (Fsp3) is 0.588. The van der Waals surface area contributed by atoms with Gasteiger partial charge in [0.15, 0.2) is 0 Å². The van der Waals surface area contributed by atoms with E-state index in [1.165, 1.54) is 0 Å². The number of aryl methyl sites for hydroxylation is 2. The Kier molecular flexibility index (Phi) is 7.23. The minimum absolute atomic E-state index is 0.0729. The fourth-order valence-corrected chi connectivity index (χ4v) is 2.17. The Morgan fingerprint density at radius 1 is 1.33 bits per heavy atom. The highest BCUT2D eigenvalue weighted by Crippen LogP contribution is 2.19. The van der Waals surface area contributed by atoms with Gasteiger partial charge in [0.25, 0.3) is 0 Å². The maximum atomic E-state index is 12.2. The molecule has 4 nitrogen and oxygen atoms in total. The number of hydrogen-bond donors (Lipinski definition) is 1. The first-order valence-corrected chi connectivity index (χ1v) is 7.56. The third kappa shape index (κ3) is 5.76. The van der Waals surface area contributed by atoms with Crippen LogP contribution in [-0.4, -0.2) is 41.7 Å². The van der Waals surface area contributed by atoms with Crippen LogP contribution in [0, 0.1) is 13.8 Å². The van der Waals surface area contributed by atoms with Crippen molar-refractivity contribution in [1.82, 2.24) is 4.90 Å². The molecule has 0 aromatic heterocycles. The molecule has 0 unspecified atom stereocenters. The zero-order valence-electron chi connectivity index (χ0n) is 13.6. The fourth-order valence-electron chi connectivity index (χ4n) is 2.17. The summed E-state index contributed by atoms with van der Waals surface area (Å²) in [4.78, 5) is 14.0.